The highest BCUT2D eigenvalue weighted by molar-refractivity contribution is 5.96. The first-order valence-corrected chi connectivity index (χ1v) is 11.9. The van der Waals surface area contributed by atoms with Crippen LogP contribution in [0.3, 0.4) is 0 Å². The van der Waals surface area contributed by atoms with Gasteiger partial charge in [-0.05, 0) is 36.1 Å². The summed E-state index contributed by atoms with van der Waals surface area (Å²) in [7, 11) is 2.24. The number of hydrogen-bond acceptors (Lipinski definition) is 4. The zero-order valence-corrected chi connectivity index (χ0v) is 19.1. The average Bonchev–Trinajstić information content (AvgIpc) is 3.10. The molecule has 3 aromatic rings. The van der Waals surface area contributed by atoms with Gasteiger partial charge in [-0.15, -0.1) is 0 Å². The molecule has 1 aromatic heterocycles. The summed E-state index contributed by atoms with van der Waals surface area (Å²) < 4.78 is 6.91. The van der Waals surface area contributed by atoms with Crippen LogP contribution in [-0.4, -0.2) is 53.3 Å². The Morgan fingerprint density at radius 2 is 1.73 bits per heavy atom. The van der Waals surface area contributed by atoms with Gasteiger partial charge in [0.15, 0.2) is 6.10 Å². The second-order valence-corrected chi connectivity index (χ2v) is 9.65. The van der Waals surface area contributed by atoms with E-state index in [0.717, 1.165) is 66.6 Å². The lowest BCUT2D eigenvalue weighted by Gasteiger charge is -2.41. The van der Waals surface area contributed by atoms with Gasteiger partial charge in [0.05, 0.1) is 20.1 Å². The van der Waals surface area contributed by atoms with Crippen molar-refractivity contribution in [3.8, 4) is 11.1 Å². The Morgan fingerprint density at radius 3 is 2.39 bits per heavy atom. The van der Waals surface area contributed by atoms with Crippen molar-refractivity contribution in [3.63, 3.8) is 0 Å². The number of nitrogens with zero attached hydrogens (tertiary/aromatic N) is 2. The van der Waals surface area contributed by atoms with Crippen molar-refractivity contribution in [2.24, 2.45) is 0 Å². The number of rotatable bonds is 6. The minimum absolute atomic E-state index is 0.199. The molecule has 33 heavy (non-hydrogen) atoms. The van der Waals surface area contributed by atoms with E-state index in [2.05, 4.69) is 18.1 Å². The predicted octanol–water partition coefficient (Wildman–Crippen LogP) is 4.08. The zero-order valence-electron chi connectivity index (χ0n) is 19.1. The second-order valence-electron chi connectivity index (χ2n) is 9.65. The summed E-state index contributed by atoms with van der Waals surface area (Å²) in [5.74, 6) is -0.563. The van der Waals surface area contributed by atoms with E-state index in [1.165, 1.54) is 0 Å². The second kappa shape index (κ2) is 8.73. The lowest BCUT2D eigenvalue weighted by Crippen LogP contribution is -2.55. The Labute approximate surface area is 195 Å². The number of aromatic nitrogens is 1. The Morgan fingerprint density at radius 1 is 1.06 bits per heavy atom. The SMILES string of the molecule is C[N+]1(CCCc2ccccn2)CCC[C@@H](OC(=O)C2(O)c3ccccc3-c3ccccc32)C1. The molecule has 1 N–H and O–H groups in total. The summed E-state index contributed by atoms with van der Waals surface area (Å²) in [5, 5.41) is 11.7. The molecule has 2 aliphatic rings. The number of ether oxygens (including phenoxy) is 1. The maximum absolute atomic E-state index is 13.5. The lowest BCUT2D eigenvalue weighted by molar-refractivity contribution is -0.917. The number of aliphatic hydroxyl groups is 1. The molecule has 2 atom stereocenters. The van der Waals surface area contributed by atoms with Crippen LogP contribution < -0.4 is 0 Å². The number of carbonyl (C=O) groups excluding carboxylic acids is 1. The lowest BCUT2D eigenvalue weighted by atomic mass is 9.91. The fraction of sp³-hybridized carbons (Fsp3) is 0.357. The van der Waals surface area contributed by atoms with Gasteiger partial charge in [-0.2, -0.15) is 0 Å². The van der Waals surface area contributed by atoms with Gasteiger partial charge in [-0.1, -0.05) is 54.6 Å². The van der Waals surface area contributed by atoms with Gasteiger partial charge in [-0.3, -0.25) is 4.98 Å². The summed E-state index contributed by atoms with van der Waals surface area (Å²) in [6, 6.07) is 21.2. The van der Waals surface area contributed by atoms with Crippen molar-refractivity contribution >= 4 is 5.97 Å². The number of carbonyl (C=O) groups is 1. The van der Waals surface area contributed by atoms with Gasteiger partial charge in [0.25, 0.3) is 0 Å². The number of fused-ring (bicyclic) bond motifs is 3. The molecule has 0 saturated carbocycles. The molecule has 0 bridgehead atoms. The van der Waals surface area contributed by atoms with Crippen molar-refractivity contribution < 1.29 is 19.1 Å². The topological polar surface area (TPSA) is 59.4 Å². The molecule has 0 amide bonds. The van der Waals surface area contributed by atoms with Gasteiger partial charge in [0, 0.05) is 35.9 Å². The van der Waals surface area contributed by atoms with Gasteiger partial charge in [-0.25, -0.2) is 4.79 Å². The van der Waals surface area contributed by atoms with Crippen molar-refractivity contribution in [1.29, 1.82) is 0 Å². The fourth-order valence-corrected chi connectivity index (χ4v) is 5.53. The van der Waals surface area contributed by atoms with Crippen LogP contribution in [-0.2, 0) is 21.6 Å². The first kappa shape index (κ1) is 21.8. The van der Waals surface area contributed by atoms with Crippen LogP contribution in [0.15, 0.2) is 72.9 Å². The minimum Gasteiger partial charge on any atom is -0.454 e. The van der Waals surface area contributed by atoms with E-state index in [4.69, 9.17) is 4.74 Å². The minimum atomic E-state index is -1.76. The standard InChI is InChI=1S/C28H31N2O3/c1-30(18-8-11-21-10-6-7-17-29-21)19-9-12-22(20-30)33-27(31)28(32)25-15-4-2-13-23(25)24-14-3-5-16-26(24)28/h2-7,10,13-17,22,32H,8-9,11-12,18-20H2,1H3/q+1/t22-,30?/m1/s1. The summed E-state index contributed by atoms with van der Waals surface area (Å²) in [6.45, 7) is 2.86. The number of esters is 1. The number of piperidine rings is 1. The van der Waals surface area contributed by atoms with Gasteiger partial charge in [0.2, 0.25) is 5.60 Å². The van der Waals surface area contributed by atoms with Crippen LogP contribution in [0.2, 0.25) is 0 Å². The van der Waals surface area contributed by atoms with E-state index in [1.54, 1.807) is 0 Å². The Balaban J connectivity index is 1.29. The molecule has 1 unspecified atom stereocenters. The first-order valence-electron chi connectivity index (χ1n) is 11.9. The van der Waals surface area contributed by atoms with Gasteiger partial charge < -0.3 is 14.3 Å². The largest absolute Gasteiger partial charge is 0.454 e. The smallest absolute Gasteiger partial charge is 0.348 e. The number of likely N-dealkylation sites (tertiary alicyclic amines) is 1. The Hall–Kier alpha value is -3.02. The molecule has 0 spiro atoms. The number of quaternary nitrogens is 1. The third-order valence-corrected chi connectivity index (χ3v) is 7.22. The molecule has 1 fully saturated rings. The van der Waals surface area contributed by atoms with E-state index in [-0.39, 0.29) is 6.10 Å². The molecule has 0 radical (unpaired) electrons. The summed E-state index contributed by atoms with van der Waals surface area (Å²) in [4.78, 5) is 17.9. The van der Waals surface area contributed by atoms with Crippen LogP contribution in [0.4, 0.5) is 0 Å². The van der Waals surface area contributed by atoms with Crippen molar-refractivity contribution in [2.75, 3.05) is 26.7 Å². The molecule has 2 aromatic carbocycles. The normalized spacial score (nSPS) is 22.9. The highest BCUT2D eigenvalue weighted by atomic mass is 16.6. The van der Waals surface area contributed by atoms with Crippen molar-refractivity contribution in [2.45, 2.75) is 37.4 Å². The molecule has 5 nitrogen and oxygen atoms in total. The molecule has 5 rings (SSSR count). The molecule has 1 saturated heterocycles. The average molecular weight is 444 g/mol. The van der Waals surface area contributed by atoms with E-state index < -0.39 is 11.6 Å². The maximum Gasteiger partial charge on any atom is 0.348 e. The molecular weight excluding hydrogens is 412 g/mol. The summed E-state index contributed by atoms with van der Waals surface area (Å²) >= 11 is 0. The van der Waals surface area contributed by atoms with Crippen LogP contribution >= 0.6 is 0 Å². The summed E-state index contributed by atoms with van der Waals surface area (Å²) in [5.41, 5.74) is 2.37. The number of hydrogen-bond donors (Lipinski definition) is 1. The van der Waals surface area contributed by atoms with E-state index in [9.17, 15) is 9.90 Å². The number of likely N-dealkylation sites (N-methyl/N-ethyl adjacent to an activating group) is 1. The molecule has 2 heterocycles. The number of benzene rings is 2. The van der Waals surface area contributed by atoms with E-state index in [0.29, 0.717) is 11.1 Å². The molecule has 1 aliphatic heterocycles. The number of pyridine rings is 1. The highest BCUT2D eigenvalue weighted by Gasteiger charge is 2.50. The van der Waals surface area contributed by atoms with Crippen LogP contribution in [0, 0.1) is 0 Å². The fourth-order valence-electron chi connectivity index (χ4n) is 5.53. The molecule has 170 valence electrons. The van der Waals surface area contributed by atoms with Crippen LogP contribution in [0.25, 0.3) is 11.1 Å². The zero-order chi connectivity index (χ0) is 22.9. The summed E-state index contributed by atoms with van der Waals surface area (Å²) in [6.07, 6.45) is 5.47. The van der Waals surface area contributed by atoms with E-state index >= 15 is 0 Å². The third kappa shape index (κ3) is 4.07. The van der Waals surface area contributed by atoms with Crippen LogP contribution in [0.5, 0.6) is 0 Å². The molecular formula is C28H31N2O3+. The maximum atomic E-state index is 13.5. The Kier molecular flexibility index (Phi) is 5.77. The number of aryl methyl sites for hydroxylation is 1. The third-order valence-electron chi connectivity index (χ3n) is 7.22. The van der Waals surface area contributed by atoms with Crippen molar-refractivity contribution in [1.82, 2.24) is 4.98 Å². The molecule has 5 heteroatoms. The van der Waals surface area contributed by atoms with Crippen LogP contribution in [0.1, 0.15) is 36.1 Å². The predicted molar refractivity (Wildman–Crippen MR) is 127 cm³/mol. The van der Waals surface area contributed by atoms with Gasteiger partial charge in [0.1, 0.15) is 6.54 Å². The first-order chi connectivity index (χ1) is 16.0. The van der Waals surface area contributed by atoms with E-state index in [1.807, 2.05) is 66.9 Å². The quantitative estimate of drug-likeness (QED) is 0.461. The highest BCUT2D eigenvalue weighted by Crippen LogP contribution is 2.48. The molecule has 1 aliphatic carbocycles. The Bertz CT molecular complexity index is 1100. The monoisotopic (exact) mass is 443 g/mol. The van der Waals surface area contributed by atoms with Crippen molar-refractivity contribution in [3.05, 3.63) is 89.7 Å². The van der Waals surface area contributed by atoms with Gasteiger partial charge >= 0.3 is 5.97 Å².